The molecule has 3 N–H and O–H groups in total. The molecule has 3 nitrogen and oxygen atoms in total. The van der Waals surface area contributed by atoms with Gasteiger partial charge in [-0.25, -0.2) is 0 Å². The van der Waals surface area contributed by atoms with Crippen LogP contribution in [0.1, 0.15) is 16.7 Å². The molecule has 0 aromatic heterocycles. The van der Waals surface area contributed by atoms with Gasteiger partial charge in [-0.3, -0.25) is 0 Å². The van der Waals surface area contributed by atoms with Crippen molar-refractivity contribution < 1.29 is 9.84 Å². The minimum atomic E-state index is -0.890. The van der Waals surface area contributed by atoms with Gasteiger partial charge in [-0.1, -0.05) is 36.4 Å². The SMILES string of the molecule is Cc1cc(C)cc(OCC(N)(CO)c2ccccc2)c1. The summed E-state index contributed by atoms with van der Waals surface area (Å²) >= 11 is 0. The molecule has 0 fully saturated rings. The monoisotopic (exact) mass is 271 g/mol. The van der Waals surface area contributed by atoms with E-state index in [1.165, 1.54) is 0 Å². The Morgan fingerprint density at radius 1 is 1.05 bits per heavy atom. The van der Waals surface area contributed by atoms with E-state index in [0.29, 0.717) is 0 Å². The summed E-state index contributed by atoms with van der Waals surface area (Å²) in [5.74, 6) is 0.779. The summed E-state index contributed by atoms with van der Waals surface area (Å²) in [7, 11) is 0. The zero-order chi connectivity index (χ0) is 14.6. The summed E-state index contributed by atoms with van der Waals surface area (Å²) in [6, 6.07) is 15.6. The molecule has 0 aliphatic rings. The molecule has 0 spiro atoms. The summed E-state index contributed by atoms with van der Waals surface area (Å²) in [5.41, 5.74) is 8.53. The van der Waals surface area contributed by atoms with Crippen molar-refractivity contribution >= 4 is 0 Å². The Balaban J connectivity index is 2.15. The fraction of sp³-hybridized carbons (Fsp3) is 0.294. The molecule has 106 valence electrons. The number of hydrogen-bond donors (Lipinski definition) is 2. The normalized spacial score (nSPS) is 13.8. The summed E-state index contributed by atoms with van der Waals surface area (Å²) in [6.07, 6.45) is 0. The maximum atomic E-state index is 9.62. The van der Waals surface area contributed by atoms with Gasteiger partial charge in [-0.15, -0.1) is 0 Å². The molecule has 1 unspecified atom stereocenters. The quantitative estimate of drug-likeness (QED) is 0.878. The lowest BCUT2D eigenvalue weighted by Gasteiger charge is -2.27. The molecule has 0 aliphatic carbocycles. The highest BCUT2D eigenvalue weighted by molar-refractivity contribution is 5.33. The fourth-order valence-corrected chi connectivity index (χ4v) is 2.22. The largest absolute Gasteiger partial charge is 0.491 e. The van der Waals surface area contributed by atoms with E-state index in [0.717, 1.165) is 22.4 Å². The first kappa shape index (κ1) is 14.6. The van der Waals surface area contributed by atoms with Crippen LogP contribution in [0.4, 0.5) is 0 Å². The molecule has 0 amide bonds. The van der Waals surface area contributed by atoms with Crippen LogP contribution in [0.25, 0.3) is 0 Å². The smallest absolute Gasteiger partial charge is 0.119 e. The van der Waals surface area contributed by atoms with E-state index in [1.807, 2.05) is 56.3 Å². The Kier molecular flexibility index (Phi) is 4.42. The van der Waals surface area contributed by atoms with Crippen molar-refractivity contribution in [1.82, 2.24) is 0 Å². The third-order valence-electron chi connectivity index (χ3n) is 3.32. The van der Waals surface area contributed by atoms with Gasteiger partial charge in [0.1, 0.15) is 12.4 Å². The van der Waals surface area contributed by atoms with Crippen LogP contribution in [0.15, 0.2) is 48.5 Å². The van der Waals surface area contributed by atoms with E-state index < -0.39 is 5.54 Å². The van der Waals surface area contributed by atoms with Crippen LogP contribution in [-0.2, 0) is 5.54 Å². The van der Waals surface area contributed by atoms with Crippen molar-refractivity contribution in [3.8, 4) is 5.75 Å². The minimum absolute atomic E-state index is 0.165. The molecule has 2 aromatic carbocycles. The first-order valence-corrected chi connectivity index (χ1v) is 6.70. The predicted molar refractivity (Wildman–Crippen MR) is 80.8 cm³/mol. The summed E-state index contributed by atoms with van der Waals surface area (Å²) in [6.45, 7) is 4.12. The predicted octanol–water partition coefficient (Wildman–Crippen LogP) is 2.53. The van der Waals surface area contributed by atoms with Gasteiger partial charge in [0.05, 0.1) is 12.1 Å². The highest BCUT2D eigenvalue weighted by Crippen LogP contribution is 2.21. The molecular formula is C17H21NO2. The van der Waals surface area contributed by atoms with Gasteiger partial charge < -0.3 is 15.6 Å². The summed E-state index contributed by atoms with van der Waals surface area (Å²) in [4.78, 5) is 0. The Hall–Kier alpha value is -1.84. The molecule has 20 heavy (non-hydrogen) atoms. The second-order valence-electron chi connectivity index (χ2n) is 5.29. The van der Waals surface area contributed by atoms with Crippen molar-refractivity contribution in [1.29, 1.82) is 0 Å². The highest BCUT2D eigenvalue weighted by Gasteiger charge is 2.27. The van der Waals surface area contributed by atoms with Crippen molar-refractivity contribution in [3.05, 3.63) is 65.2 Å². The lowest BCUT2D eigenvalue weighted by molar-refractivity contribution is 0.133. The number of nitrogens with two attached hydrogens (primary N) is 1. The molecule has 0 heterocycles. The Labute approximate surface area is 120 Å². The van der Waals surface area contributed by atoms with Crippen LogP contribution in [0.5, 0.6) is 5.75 Å². The molecule has 0 saturated heterocycles. The topological polar surface area (TPSA) is 55.5 Å². The maximum absolute atomic E-state index is 9.62. The second kappa shape index (κ2) is 6.07. The van der Waals surface area contributed by atoms with E-state index in [4.69, 9.17) is 10.5 Å². The van der Waals surface area contributed by atoms with Crippen molar-refractivity contribution in [2.45, 2.75) is 19.4 Å². The van der Waals surface area contributed by atoms with Crippen molar-refractivity contribution in [2.75, 3.05) is 13.2 Å². The van der Waals surface area contributed by atoms with Crippen LogP contribution >= 0.6 is 0 Å². The number of hydrogen-bond acceptors (Lipinski definition) is 3. The Morgan fingerprint density at radius 3 is 2.20 bits per heavy atom. The first-order chi connectivity index (χ1) is 9.53. The highest BCUT2D eigenvalue weighted by atomic mass is 16.5. The Morgan fingerprint density at radius 2 is 1.65 bits per heavy atom. The van der Waals surface area contributed by atoms with Crippen molar-refractivity contribution in [3.63, 3.8) is 0 Å². The van der Waals surface area contributed by atoms with Gasteiger partial charge in [-0.2, -0.15) is 0 Å². The van der Waals surface area contributed by atoms with E-state index in [9.17, 15) is 5.11 Å². The summed E-state index contributed by atoms with van der Waals surface area (Å²) in [5, 5.41) is 9.62. The molecule has 0 aliphatic heterocycles. The number of aliphatic hydroxyl groups excluding tert-OH is 1. The number of ether oxygens (including phenoxy) is 1. The van der Waals surface area contributed by atoms with Gasteiger partial charge in [0, 0.05) is 0 Å². The first-order valence-electron chi connectivity index (χ1n) is 6.70. The number of aryl methyl sites for hydroxylation is 2. The Bertz CT molecular complexity index is 548. The van der Waals surface area contributed by atoms with E-state index >= 15 is 0 Å². The van der Waals surface area contributed by atoms with Crippen LogP contribution in [0.3, 0.4) is 0 Å². The fourth-order valence-electron chi connectivity index (χ4n) is 2.22. The van der Waals surface area contributed by atoms with Crippen LogP contribution < -0.4 is 10.5 Å². The number of benzene rings is 2. The molecule has 1 atom stereocenters. The van der Waals surface area contributed by atoms with Gasteiger partial charge in [0.15, 0.2) is 0 Å². The third-order valence-corrected chi connectivity index (χ3v) is 3.32. The zero-order valence-electron chi connectivity index (χ0n) is 12.0. The molecular weight excluding hydrogens is 250 g/mol. The van der Waals surface area contributed by atoms with Gasteiger partial charge in [0.2, 0.25) is 0 Å². The van der Waals surface area contributed by atoms with Crippen LogP contribution in [-0.4, -0.2) is 18.3 Å². The van der Waals surface area contributed by atoms with Gasteiger partial charge >= 0.3 is 0 Å². The molecule has 2 rings (SSSR count). The van der Waals surface area contributed by atoms with Crippen LogP contribution in [0.2, 0.25) is 0 Å². The maximum Gasteiger partial charge on any atom is 0.119 e. The zero-order valence-corrected chi connectivity index (χ0v) is 12.0. The van der Waals surface area contributed by atoms with E-state index in [1.54, 1.807) is 0 Å². The van der Waals surface area contributed by atoms with Gasteiger partial charge in [0.25, 0.3) is 0 Å². The van der Waals surface area contributed by atoms with E-state index in [-0.39, 0.29) is 13.2 Å². The lowest BCUT2D eigenvalue weighted by Crippen LogP contribution is -2.46. The van der Waals surface area contributed by atoms with Crippen molar-refractivity contribution in [2.24, 2.45) is 5.73 Å². The average Bonchev–Trinajstić information content (AvgIpc) is 2.45. The lowest BCUT2D eigenvalue weighted by atomic mass is 9.93. The average molecular weight is 271 g/mol. The second-order valence-corrected chi connectivity index (χ2v) is 5.29. The molecule has 0 bridgehead atoms. The number of aliphatic hydroxyl groups is 1. The molecule has 0 saturated carbocycles. The standard InChI is InChI=1S/C17H21NO2/c1-13-8-14(2)10-16(9-13)20-12-17(18,11-19)15-6-4-3-5-7-15/h3-10,19H,11-12,18H2,1-2H3. The number of rotatable bonds is 5. The summed E-state index contributed by atoms with van der Waals surface area (Å²) < 4.78 is 5.79. The molecule has 0 radical (unpaired) electrons. The molecule has 2 aromatic rings. The minimum Gasteiger partial charge on any atom is -0.491 e. The molecule has 3 heteroatoms. The third kappa shape index (κ3) is 3.38. The van der Waals surface area contributed by atoms with E-state index in [2.05, 4.69) is 6.07 Å². The van der Waals surface area contributed by atoms with Gasteiger partial charge in [-0.05, 0) is 42.7 Å². The van der Waals surface area contributed by atoms with Crippen LogP contribution in [0, 0.1) is 13.8 Å².